The number of benzene rings is 3. The van der Waals surface area contributed by atoms with Gasteiger partial charge < -0.3 is 14.8 Å². The lowest BCUT2D eigenvalue weighted by Gasteiger charge is -2.28. The van der Waals surface area contributed by atoms with Crippen molar-refractivity contribution in [3.05, 3.63) is 94.0 Å². The van der Waals surface area contributed by atoms with Crippen LogP contribution in [0.1, 0.15) is 49.0 Å². The molecule has 2 aliphatic rings. The smallest absolute Gasteiger partial charge is 0.261 e. The van der Waals surface area contributed by atoms with Gasteiger partial charge >= 0.3 is 0 Å². The molecule has 0 aliphatic carbocycles. The van der Waals surface area contributed by atoms with Crippen molar-refractivity contribution in [1.29, 1.82) is 0 Å². The molecule has 6 nitrogen and oxygen atoms in total. The molecule has 0 spiro atoms. The van der Waals surface area contributed by atoms with Gasteiger partial charge in [-0.25, -0.2) is 0 Å². The Kier molecular flexibility index (Phi) is 5.15. The van der Waals surface area contributed by atoms with E-state index in [0.717, 1.165) is 29.8 Å². The van der Waals surface area contributed by atoms with E-state index < -0.39 is 0 Å². The van der Waals surface area contributed by atoms with Gasteiger partial charge in [-0.3, -0.25) is 14.5 Å². The van der Waals surface area contributed by atoms with Gasteiger partial charge in [0.15, 0.2) is 11.5 Å². The summed E-state index contributed by atoms with van der Waals surface area (Å²) in [4.78, 5) is 26.6. The molecule has 0 saturated carbocycles. The second-order valence-electron chi connectivity index (χ2n) is 8.03. The summed E-state index contributed by atoms with van der Waals surface area (Å²) in [5, 5.41) is 3.58. The van der Waals surface area contributed by atoms with E-state index >= 15 is 0 Å². The molecule has 0 radical (unpaired) electrons. The first-order chi connectivity index (χ1) is 15.6. The first-order valence-corrected chi connectivity index (χ1v) is 10.6. The summed E-state index contributed by atoms with van der Waals surface area (Å²) in [5.41, 5.74) is 5.38. The third-order valence-electron chi connectivity index (χ3n) is 6.23. The number of methoxy groups -OCH3 is 2. The molecule has 6 heteroatoms. The van der Waals surface area contributed by atoms with Gasteiger partial charge in [0.25, 0.3) is 11.8 Å². The first-order valence-electron chi connectivity index (χ1n) is 10.6. The average molecular weight is 428 g/mol. The van der Waals surface area contributed by atoms with Crippen LogP contribution < -0.4 is 14.8 Å². The van der Waals surface area contributed by atoms with Gasteiger partial charge in [0.05, 0.1) is 37.9 Å². The lowest BCUT2D eigenvalue weighted by Crippen LogP contribution is -2.31. The SMILES string of the molecule is COc1cc2c(cc1OC)[C@@H](c1ccc(CN3C(=O)c4ccccc4C3=O)cc1)NCC2. The predicted octanol–water partition coefficient (Wildman–Crippen LogP) is 3.74. The van der Waals surface area contributed by atoms with Crippen LogP contribution in [-0.2, 0) is 13.0 Å². The number of rotatable bonds is 5. The van der Waals surface area contributed by atoms with E-state index in [1.54, 1.807) is 38.5 Å². The Morgan fingerprint density at radius 3 is 2.16 bits per heavy atom. The lowest BCUT2D eigenvalue weighted by molar-refractivity contribution is 0.0642. The first kappa shape index (κ1) is 20.3. The van der Waals surface area contributed by atoms with Crippen LogP contribution in [0.25, 0.3) is 0 Å². The lowest BCUT2D eigenvalue weighted by atomic mass is 9.89. The van der Waals surface area contributed by atoms with E-state index in [0.29, 0.717) is 16.9 Å². The van der Waals surface area contributed by atoms with Gasteiger partial charge in [0.2, 0.25) is 0 Å². The minimum atomic E-state index is -0.237. The van der Waals surface area contributed by atoms with Crippen molar-refractivity contribution in [2.75, 3.05) is 20.8 Å². The molecule has 0 fully saturated rings. The molecule has 2 aliphatic heterocycles. The van der Waals surface area contributed by atoms with E-state index in [1.165, 1.54) is 16.0 Å². The molecule has 2 heterocycles. The molecule has 0 unspecified atom stereocenters. The Morgan fingerprint density at radius 1 is 0.906 bits per heavy atom. The van der Waals surface area contributed by atoms with E-state index in [-0.39, 0.29) is 24.4 Å². The van der Waals surface area contributed by atoms with Crippen LogP contribution in [-0.4, -0.2) is 37.5 Å². The zero-order valence-electron chi connectivity index (χ0n) is 18.1. The van der Waals surface area contributed by atoms with Crippen LogP contribution in [0.3, 0.4) is 0 Å². The summed E-state index contributed by atoms with van der Waals surface area (Å²) in [5.74, 6) is 0.975. The fraction of sp³-hybridized carbons (Fsp3) is 0.231. The predicted molar refractivity (Wildman–Crippen MR) is 120 cm³/mol. The van der Waals surface area contributed by atoms with Crippen molar-refractivity contribution in [2.45, 2.75) is 19.0 Å². The Balaban J connectivity index is 1.39. The highest BCUT2D eigenvalue weighted by Crippen LogP contribution is 2.37. The molecule has 0 saturated heterocycles. The van der Waals surface area contributed by atoms with Gasteiger partial charge in [-0.2, -0.15) is 0 Å². The Hall–Kier alpha value is -3.64. The minimum absolute atomic E-state index is 0.0342. The number of amides is 2. The fourth-order valence-corrected chi connectivity index (χ4v) is 4.56. The summed E-state index contributed by atoms with van der Waals surface area (Å²) < 4.78 is 11.0. The minimum Gasteiger partial charge on any atom is -0.493 e. The fourth-order valence-electron chi connectivity index (χ4n) is 4.56. The summed E-state index contributed by atoms with van der Waals surface area (Å²) in [7, 11) is 3.29. The number of hydrogen-bond donors (Lipinski definition) is 1. The Bertz CT molecular complexity index is 1170. The van der Waals surface area contributed by atoms with Crippen LogP contribution in [0.2, 0.25) is 0 Å². The Labute approximate surface area is 186 Å². The van der Waals surface area contributed by atoms with Crippen molar-refractivity contribution in [3.63, 3.8) is 0 Å². The number of nitrogens with one attached hydrogen (secondary N) is 1. The second-order valence-corrected chi connectivity index (χ2v) is 8.03. The van der Waals surface area contributed by atoms with Crippen LogP contribution >= 0.6 is 0 Å². The van der Waals surface area contributed by atoms with Crippen LogP contribution in [0, 0.1) is 0 Å². The van der Waals surface area contributed by atoms with Gasteiger partial charge in [-0.05, 0) is 52.9 Å². The highest BCUT2D eigenvalue weighted by atomic mass is 16.5. The quantitative estimate of drug-likeness (QED) is 0.627. The number of nitrogens with zero attached hydrogens (tertiary/aromatic N) is 1. The van der Waals surface area contributed by atoms with Crippen molar-refractivity contribution in [3.8, 4) is 11.5 Å². The van der Waals surface area contributed by atoms with Crippen molar-refractivity contribution in [1.82, 2.24) is 10.2 Å². The highest BCUT2D eigenvalue weighted by Gasteiger charge is 2.35. The maximum Gasteiger partial charge on any atom is 0.261 e. The van der Waals surface area contributed by atoms with Gasteiger partial charge in [-0.1, -0.05) is 36.4 Å². The average Bonchev–Trinajstić information content (AvgIpc) is 3.08. The third kappa shape index (κ3) is 3.33. The normalized spacial score (nSPS) is 17.2. The molecule has 1 N–H and O–H groups in total. The summed E-state index contributed by atoms with van der Waals surface area (Å²) in [6.45, 7) is 1.12. The molecule has 2 amide bonds. The van der Waals surface area contributed by atoms with Crippen molar-refractivity contribution >= 4 is 11.8 Å². The molecule has 0 aromatic heterocycles. The summed E-state index contributed by atoms with van der Waals surface area (Å²) >= 11 is 0. The standard InChI is InChI=1S/C26H24N2O4/c1-31-22-13-18-11-12-27-24(21(18)14-23(22)32-2)17-9-7-16(8-10-17)15-28-25(29)19-5-3-4-6-20(19)26(28)30/h3-10,13-14,24,27H,11-12,15H2,1-2H3/t24-/m1/s1. The van der Waals surface area contributed by atoms with E-state index in [4.69, 9.17) is 9.47 Å². The number of carbonyl (C=O) groups excluding carboxylic acids is 2. The third-order valence-corrected chi connectivity index (χ3v) is 6.23. The monoisotopic (exact) mass is 428 g/mol. The zero-order valence-corrected chi connectivity index (χ0v) is 18.1. The molecule has 3 aromatic carbocycles. The largest absolute Gasteiger partial charge is 0.493 e. The number of carbonyl (C=O) groups is 2. The molecular formula is C26H24N2O4. The maximum atomic E-state index is 12.6. The van der Waals surface area contributed by atoms with Crippen molar-refractivity contribution < 1.29 is 19.1 Å². The van der Waals surface area contributed by atoms with Crippen LogP contribution in [0.5, 0.6) is 11.5 Å². The van der Waals surface area contributed by atoms with E-state index in [1.807, 2.05) is 18.2 Å². The number of imide groups is 1. The topological polar surface area (TPSA) is 67.9 Å². The zero-order chi connectivity index (χ0) is 22.2. The van der Waals surface area contributed by atoms with Gasteiger partial charge in [0, 0.05) is 6.54 Å². The molecule has 0 bridgehead atoms. The summed E-state index contributed by atoms with van der Waals surface area (Å²) in [6, 6.07) is 19.2. The maximum absolute atomic E-state index is 12.6. The summed E-state index contributed by atoms with van der Waals surface area (Å²) in [6.07, 6.45) is 0.921. The van der Waals surface area contributed by atoms with Gasteiger partial charge in [0.1, 0.15) is 0 Å². The Morgan fingerprint density at radius 2 is 1.53 bits per heavy atom. The number of fused-ring (bicyclic) bond motifs is 2. The van der Waals surface area contributed by atoms with Gasteiger partial charge in [-0.15, -0.1) is 0 Å². The molecule has 32 heavy (non-hydrogen) atoms. The molecule has 162 valence electrons. The van der Waals surface area contributed by atoms with Crippen LogP contribution in [0.4, 0.5) is 0 Å². The second kappa shape index (κ2) is 8.13. The number of hydrogen-bond acceptors (Lipinski definition) is 5. The molecular weight excluding hydrogens is 404 g/mol. The van der Waals surface area contributed by atoms with Crippen LogP contribution in [0.15, 0.2) is 60.7 Å². The van der Waals surface area contributed by atoms with E-state index in [9.17, 15) is 9.59 Å². The molecule has 1 atom stereocenters. The number of ether oxygens (including phenoxy) is 2. The highest BCUT2D eigenvalue weighted by molar-refractivity contribution is 6.21. The van der Waals surface area contributed by atoms with E-state index in [2.05, 4.69) is 23.5 Å². The van der Waals surface area contributed by atoms with Crippen molar-refractivity contribution in [2.24, 2.45) is 0 Å². The molecule has 5 rings (SSSR count). The molecule has 3 aromatic rings.